The summed E-state index contributed by atoms with van der Waals surface area (Å²) in [5.41, 5.74) is 0.0405. The number of aliphatic hydroxyl groups is 1. The van der Waals surface area contributed by atoms with Crippen molar-refractivity contribution in [3.8, 4) is 0 Å². The molecule has 0 unspecified atom stereocenters. The molecule has 3 atom stereocenters. The van der Waals surface area contributed by atoms with E-state index in [9.17, 15) is 5.11 Å². The molecular weight excluding hydrogens is 136 g/mol. The average molecular weight is 154 g/mol. The van der Waals surface area contributed by atoms with Crippen LogP contribution >= 0.6 is 0 Å². The van der Waals surface area contributed by atoms with Gasteiger partial charge in [0.25, 0.3) is 0 Å². The summed E-state index contributed by atoms with van der Waals surface area (Å²) in [5.74, 6) is 1.37. The van der Waals surface area contributed by atoms with Gasteiger partial charge in [0.05, 0.1) is 5.60 Å². The van der Waals surface area contributed by atoms with E-state index in [0.717, 1.165) is 12.3 Å². The first-order valence-corrected chi connectivity index (χ1v) is 4.64. The maximum atomic E-state index is 10.0. The van der Waals surface area contributed by atoms with Gasteiger partial charge in [-0.1, -0.05) is 13.8 Å². The number of rotatable bonds is 0. The molecule has 2 fully saturated rings. The summed E-state index contributed by atoms with van der Waals surface area (Å²) in [4.78, 5) is 0. The van der Waals surface area contributed by atoms with Crippen molar-refractivity contribution in [2.75, 3.05) is 0 Å². The summed E-state index contributed by atoms with van der Waals surface area (Å²) < 4.78 is 0. The highest BCUT2D eigenvalue weighted by molar-refractivity contribution is 5.06. The van der Waals surface area contributed by atoms with Gasteiger partial charge in [-0.25, -0.2) is 0 Å². The standard InChI is InChI=1S/C10H18O/c1-9(2)5-7-4-8(9)10(3,11)6-7/h7-8,11H,4-6H2,1-3H3/t7-,8+,10-/m1/s1. The van der Waals surface area contributed by atoms with Gasteiger partial charge in [-0.05, 0) is 43.4 Å². The molecule has 0 aliphatic heterocycles. The van der Waals surface area contributed by atoms with Crippen molar-refractivity contribution >= 4 is 0 Å². The summed E-state index contributed by atoms with van der Waals surface area (Å²) in [6.07, 6.45) is 3.63. The van der Waals surface area contributed by atoms with Crippen LogP contribution < -0.4 is 0 Å². The minimum Gasteiger partial charge on any atom is -0.390 e. The van der Waals surface area contributed by atoms with Crippen LogP contribution in [0.3, 0.4) is 0 Å². The van der Waals surface area contributed by atoms with E-state index in [2.05, 4.69) is 13.8 Å². The molecule has 1 heteroatoms. The van der Waals surface area contributed by atoms with Crippen molar-refractivity contribution in [2.45, 2.75) is 45.6 Å². The lowest BCUT2D eigenvalue weighted by molar-refractivity contribution is -0.0455. The van der Waals surface area contributed by atoms with Crippen LogP contribution in [0.4, 0.5) is 0 Å². The molecule has 0 amide bonds. The largest absolute Gasteiger partial charge is 0.390 e. The zero-order valence-electron chi connectivity index (χ0n) is 7.72. The Hall–Kier alpha value is -0.0400. The van der Waals surface area contributed by atoms with Crippen LogP contribution in [0.5, 0.6) is 0 Å². The summed E-state index contributed by atoms with van der Waals surface area (Å²) >= 11 is 0. The van der Waals surface area contributed by atoms with E-state index in [4.69, 9.17) is 0 Å². The molecule has 2 aliphatic rings. The Labute approximate surface area is 68.8 Å². The van der Waals surface area contributed by atoms with Gasteiger partial charge in [0.15, 0.2) is 0 Å². The third kappa shape index (κ3) is 0.936. The first-order chi connectivity index (χ1) is 4.92. The Balaban J connectivity index is 2.28. The van der Waals surface area contributed by atoms with E-state index >= 15 is 0 Å². The monoisotopic (exact) mass is 154 g/mol. The lowest BCUT2D eigenvalue weighted by atomic mass is 9.69. The minimum atomic E-state index is -0.355. The zero-order chi connectivity index (χ0) is 8.28. The maximum absolute atomic E-state index is 10.0. The molecule has 2 aliphatic carbocycles. The van der Waals surface area contributed by atoms with E-state index in [1.54, 1.807) is 0 Å². The third-order valence-corrected chi connectivity index (χ3v) is 3.78. The predicted molar refractivity (Wildman–Crippen MR) is 45.2 cm³/mol. The van der Waals surface area contributed by atoms with Crippen molar-refractivity contribution < 1.29 is 5.11 Å². The van der Waals surface area contributed by atoms with E-state index in [1.807, 2.05) is 6.92 Å². The van der Waals surface area contributed by atoms with Gasteiger partial charge in [0.2, 0.25) is 0 Å². The van der Waals surface area contributed by atoms with Crippen molar-refractivity contribution in [1.82, 2.24) is 0 Å². The second-order valence-electron chi connectivity index (χ2n) is 5.41. The van der Waals surface area contributed by atoms with Gasteiger partial charge in [0.1, 0.15) is 0 Å². The summed E-state index contributed by atoms with van der Waals surface area (Å²) in [7, 11) is 0. The van der Waals surface area contributed by atoms with Crippen LogP contribution in [0.2, 0.25) is 0 Å². The van der Waals surface area contributed by atoms with Gasteiger partial charge in [-0.15, -0.1) is 0 Å². The molecular formula is C10H18O. The SMILES string of the molecule is CC1(C)C[C@H]2C[C@@H]1[C@](C)(O)C2. The fourth-order valence-electron chi connectivity index (χ4n) is 3.60. The molecule has 1 N–H and O–H groups in total. The van der Waals surface area contributed by atoms with Crippen LogP contribution in [0.15, 0.2) is 0 Å². The Morgan fingerprint density at radius 1 is 1.18 bits per heavy atom. The van der Waals surface area contributed by atoms with Crippen LogP contribution in [0.25, 0.3) is 0 Å². The van der Waals surface area contributed by atoms with Gasteiger partial charge >= 0.3 is 0 Å². The zero-order valence-corrected chi connectivity index (χ0v) is 7.72. The number of hydrogen-bond donors (Lipinski definition) is 1. The third-order valence-electron chi connectivity index (χ3n) is 3.78. The number of hydrogen-bond acceptors (Lipinski definition) is 1. The lowest BCUT2D eigenvalue weighted by Crippen LogP contribution is -2.40. The molecule has 0 aromatic rings. The van der Waals surface area contributed by atoms with Crippen molar-refractivity contribution in [1.29, 1.82) is 0 Å². The highest BCUT2D eigenvalue weighted by Gasteiger charge is 2.55. The van der Waals surface area contributed by atoms with E-state index in [0.29, 0.717) is 11.3 Å². The fraction of sp³-hybridized carbons (Fsp3) is 1.00. The van der Waals surface area contributed by atoms with Gasteiger partial charge in [-0.2, -0.15) is 0 Å². The van der Waals surface area contributed by atoms with E-state index in [-0.39, 0.29) is 5.60 Å². The minimum absolute atomic E-state index is 0.355. The van der Waals surface area contributed by atoms with Crippen LogP contribution in [0, 0.1) is 17.3 Å². The normalized spacial score (nSPS) is 53.5. The first kappa shape index (κ1) is 7.60. The molecule has 0 aromatic heterocycles. The smallest absolute Gasteiger partial charge is 0.0655 e. The van der Waals surface area contributed by atoms with Crippen molar-refractivity contribution in [2.24, 2.45) is 17.3 Å². The Morgan fingerprint density at radius 2 is 1.82 bits per heavy atom. The van der Waals surface area contributed by atoms with Crippen LogP contribution in [-0.2, 0) is 0 Å². The molecule has 64 valence electrons. The molecule has 11 heavy (non-hydrogen) atoms. The summed E-state index contributed by atoms with van der Waals surface area (Å²) in [6, 6.07) is 0. The summed E-state index contributed by atoms with van der Waals surface area (Å²) in [5, 5.41) is 10.0. The van der Waals surface area contributed by atoms with E-state index in [1.165, 1.54) is 12.8 Å². The fourth-order valence-corrected chi connectivity index (χ4v) is 3.60. The molecule has 2 rings (SSSR count). The Morgan fingerprint density at radius 3 is 2.09 bits per heavy atom. The lowest BCUT2D eigenvalue weighted by Gasteiger charge is -2.40. The molecule has 2 saturated carbocycles. The number of fused-ring (bicyclic) bond motifs is 2. The van der Waals surface area contributed by atoms with Crippen LogP contribution in [0.1, 0.15) is 40.0 Å². The highest BCUT2D eigenvalue weighted by atomic mass is 16.3. The maximum Gasteiger partial charge on any atom is 0.0655 e. The topological polar surface area (TPSA) is 20.2 Å². The quantitative estimate of drug-likeness (QED) is 0.567. The van der Waals surface area contributed by atoms with Gasteiger partial charge in [0, 0.05) is 0 Å². The molecule has 0 spiro atoms. The molecule has 2 bridgehead atoms. The second-order valence-corrected chi connectivity index (χ2v) is 5.41. The molecule has 0 aromatic carbocycles. The second kappa shape index (κ2) is 1.82. The van der Waals surface area contributed by atoms with Gasteiger partial charge < -0.3 is 5.11 Å². The Kier molecular flexibility index (Phi) is 1.26. The van der Waals surface area contributed by atoms with Crippen molar-refractivity contribution in [3.05, 3.63) is 0 Å². The highest BCUT2D eigenvalue weighted by Crippen LogP contribution is 2.59. The van der Waals surface area contributed by atoms with Crippen molar-refractivity contribution in [3.63, 3.8) is 0 Å². The molecule has 0 heterocycles. The van der Waals surface area contributed by atoms with Gasteiger partial charge in [-0.3, -0.25) is 0 Å². The van der Waals surface area contributed by atoms with E-state index < -0.39 is 0 Å². The molecule has 0 saturated heterocycles. The summed E-state index contributed by atoms with van der Waals surface area (Å²) in [6.45, 7) is 6.61. The first-order valence-electron chi connectivity index (χ1n) is 4.64. The Bertz CT molecular complexity index is 163. The van der Waals surface area contributed by atoms with Crippen LogP contribution in [-0.4, -0.2) is 10.7 Å². The molecule has 1 nitrogen and oxygen atoms in total. The molecule has 0 radical (unpaired) electrons. The predicted octanol–water partition coefficient (Wildman–Crippen LogP) is 2.19. The average Bonchev–Trinajstić information content (AvgIpc) is 2.14.